The molecular weight excluding hydrogens is 200 g/mol. The highest BCUT2D eigenvalue weighted by Gasteiger charge is 2.03. The third-order valence-electron chi connectivity index (χ3n) is 0.479. The van der Waals surface area contributed by atoms with Crippen LogP contribution in [0.1, 0.15) is 27.2 Å². The van der Waals surface area contributed by atoms with Crippen LogP contribution < -0.4 is 0 Å². The minimum Gasteiger partial charge on any atom is -0.383 e. The van der Waals surface area contributed by atoms with Crippen molar-refractivity contribution < 1.29 is 13.4 Å². The highest BCUT2D eigenvalue weighted by molar-refractivity contribution is 9.06. The number of halogens is 1. The third kappa shape index (κ3) is 10.6. The Morgan fingerprint density at radius 2 is 1.80 bits per heavy atom. The van der Waals surface area contributed by atoms with Gasteiger partial charge in [0, 0.05) is 0 Å². The van der Waals surface area contributed by atoms with Gasteiger partial charge in [0.15, 0.2) is 16.3 Å². The largest absolute Gasteiger partial charge is 0.383 e. The lowest BCUT2D eigenvalue weighted by molar-refractivity contribution is -0.135. The molecule has 0 rings (SSSR count). The Labute approximate surface area is 69.2 Å². The minimum atomic E-state index is -0.558. The van der Waals surface area contributed by atoms with Gasteiger partial charge in [0.2, 0.25) is 0 Å². The van der Waals surface area contributed by atoms with E-state index in [9.17, 15) is 9.59 Å². The minimum absolute atomic E-state index is 0.161. The number of hydrogen-bond donors (Lipinski definition) is 0. The molecule has 0 aromatic rings. The van der Waals surface area contributed by atoms with Gasteiger partial charge in [-0.2, -0.15) is 0 Å². The zero-order valence-corrected chi connectivity index (χ0v) is 7.90. The Morgan fingerprint density at radius 3 is 1.90 bits per heavy atom. The maximum atomic E-state index is 10.1. The van der Waals surface area contributed by atoms with Crippen LogP contribution >= 0.6 is 16.3 Å². The lowest BCUT2D eigenvalue weighted by Crippen LogP contribution is -2.02. The summed E-state index contributed by atoms with van der Waals surface area (Å²) in [6, 6.07) is 0. The lowest BCUT2D eigenvalue weighted by atomic mass is 10.3. The van der Waals surface area contributed by atoms with Crippen LogP contribution in [0.25, 0.3) is 0 Å². The Bertz CT molecular complexity index is 112. The van der Waals surface area contributed by atoms with Gasteiger partial charge in [-0.25, -0.2) is 0 Å². The lowest BCUT2D eigenvalue weighted by Gasteiger charge is -1.87. The molecule has 0 spiro atoms. The van der Waals surface area contributed by atoms with Crippen LogP contribution in [0.15, 0.2) is 0 Å². The van der Waals surface area contributed by atoms with Gasteiger partial charge < -0.3 is 3.83 Å². The Hall–Kier alpha value is -0.380. The molecule has 4 heteroatoms. The van der Waals surface area contributed by atoms with Crippen molar-refractivity contribution in [2.75, 3.05) is 0 Å². The molecule has 0 amide bonds. The van der Waals surface area contributed by atoms with Crippen molar-refractivity contribution in [1.29, 1.82) is 0 Å². The van der Waals surface area contributed by atoms with Crippen molar-refractivity contribution in [2.24, 2.45) is 0 Å². The average molecular weight is 211 g/mol. The van der Waals surface area contributed by atoms with Crippen LogP contribution in [0.5, 0.6) is 0 Å². The second kappa shape index (κ2) is 8.62. The zero-order chi connectivity index (χ0) is 8.57. The van der Waals surface area contributed by atoms with Crippen LogP contribution in [0, 0.1) is 0 Å². The summed E-state index contributed by atoms with van der Waals surface area (Å²) in [4.78, 5) is 20.2. The molecule has 10 heavy (non-hydrogen) atoms. The molecule has 0 saturated carbocycles. The predicted molar refractivity (Wildman–Crippen MR) is 41.7 cm³/mol. The molecule has 0 radical (unpaired) electrons. The number of rotatable bonds is 2. The van der Waals surface area contributed by atoms with E-state index >= 15 is 0 Å². The quantitative estimate of drug-likeness (QED) is 0.654. The first-order valence-corrected chi connectivity index (χ1v) is 3.62. The molecule has 0 unspecified atom stereocenters. The Kier molecular flexibility index (Phi) is 10.6. The molecule has 0 aromatic heterocycles. The van der Waals surface area contributed by atoms with Gasteiger partial charge >= 0.3 is 5.97 Å². The topological polar surface area (TPSA) is 43.4 Å². The van der Waals surface area contributed by atoms with Crippen LogP contribution in [-0.2, 0) is 13.4 Å². The van der Waals surface area contributed by atoms with E-state index < -0.39 is 5.97 Å². The molecule has 0 aromatic carbocycles. The van der Waals surface area contributed by atoms with Gasteiger partial charge in [-0.05, 0) is 6.92 Å². The highest BCUT2D eigenvalue weighted by atomic mass is 79.9. The maximum absolute atomic E-state index is 10.1. The monoisotopic (exact) mass is 210 g/mol. The van der Waals surface area contributed by atoms with Crippen LogP contribution in [0.3, 0.4) is 0 Å². The van der Waals surface area contributed by atoms with Crippen molar-refractivity contribution >= 4 is 28.0 Å². The third-order valence-corrected chi connectivity index (χ3v) is 0.840. The Morgan fingerprint density at radius 1 is 1.40 bits per heavy atom. The number of hydrogen-bond acceptors (Lipinski definition) is 3. The fourth-order valence-corrected chi connectivity index (χ4v) is 0.345. The van der Waals surface area contributed by atoms with Gasteiger partial charge in [0.05, 0.1) is 0 Å². The van der Waals surface area contributed by atoms with Gasteiger partial charge in [-0.1, -0.05) is 13.8 Å². The smallest absolute Gasteiger partial charge is 0.324 e. The summed E-state index contributed by atoms with van der Waals surface area (Å²) in [6.45, 7) is 5.32. The summed E-state index contributed by atoms with van der Waals surface area (Å²) in [5.74, 6) is -0.757. The zero-order valence-electron chi connectivity index (χ0n) is 6.31. The normalized spacial score (nSPS) is 7.20. The van der Waals surface area contributed by atoms with Crippen LogP contribution in [0.4, 0.5) is 0 Å². The van der Waals surface area contributed by atoms with E-state index in [-0.39, 0.29) is 12.2 Å². The molecule has 0 heterocycles. The second-order valence-corrected chi connectivity index (χ2v) is 1.65. The first kappa shape index (κ1) is 12.3. The molecule has 0 atom stereocenters. The molecule has 0 saturated heterocycles. The molecule has 0 bridgehead atoms. The fraction of sp³-hybridized carbons (Fsp3) is 0.667. The number of carbonyl (C=O) groups is 2. The first-order valence-electron chi connectivity index (χ1n) is 2.97. The standard InChI is InChI=1S/C4H5BrO3.C2H6/c1-3(6)2-4(7)8-5;1-2/h2H2,1H3;1-2H3. The molecule has 0 aliphatic heterocycles. The molecule has 0 aliphatic rings. The molecular formula is C6H11BrO3. The molecule has 0 aliphatic carbocycles. The number of carbonyl (C=O) groups excluding carboxylic acids is 2. The summed E-state index contributed by atoms with van der Waals surface area (Å²) >= 11 is 2.44. The summed E-state index contributed by atoms with van der Waals surface area (Å²) < 4.78 is 4.01. The van der Waals surface area contributed by atoms with Crippen molar-refractivity contribution in [3.63, 3.8) is 0 Å². The van der Waals surface area contributed by atoms with E-state index in [1.54, 1.807) is 0 Å². The summed E-state index contributed by atoms with van der Waals surface area (Å²) in [5, 5.41) is 0. The number of Topliss-reactive ketones (excluding diaryl/α,β-unsaturated/α-hetero) is 1. The van der Waals surface area contributed by atoms with Gasteiger partial charge in [0.25, 0.3) is 0 Å². The van der Waals surface area contributed by atoms with Crippen LogP contribution in [0.2, 0.25) is 0 Å². The van der Waals surface area contributed by atoms with E-state index in [0.717, 1.165) is 0 Å². The molecule has 3 nitrogen and oxygen atoms in total. The van der Waals surface area contributed by atoms with E-state index in [4.69, 9.17) is 0 Å². The summed E-state index contributed by atoms with van der Waals surface area (Å²) in [6.07, 6.45) is -0.161. The van der Waals surface area contributed by atoms with E-state index in [2.05, 4.69) is 20.1 Å². The van der Waals surface area contributed by atoms with E-state index in [1.165, 1.54) is 6.92 Å². The molecule has 60 valence electrons. The predicted octanol–water partition coefficient (Wildman–Crippen LogP) is 1.84. The van der Waals surface area contributed by atoms with Gasteiger partial charge in [-0.3, -0.25) is 9.59 Å². The highest BCUT2D eigenvalue weighted by Crippen LogP contribution is 1.91. The maximum Gasteiger partial charge on any atom is 0.324 e. The van der Waals surface area contributed by atoms with Crippen LogP contribution in [-0.4, -0.2) is 11.8 Å². The van der Waals surface area contributed by atoms with E-state index in [0.29, 0.717) is 0 Å². The molecule has 0 N–H and O–H groups in total. The second-order valence-electron chi connectivity index (χ2n) is 1.33. The first-order chi connectivity index (χ1) is 4.66. The van der Waals surface area contributed by atoms with Gasteiger partial charge in [-0.15, -0.1) is 0 Å². The summed E-state index contributed by atoms with van der Waals surface area (Å²) in [5.41, 5.74) is 0. The van der Waals surface area contributed by atoms with Crippen molar-refractivity contribution in [3.8, 4) is 0 Å². The molecule has 0 fully saturated rings. The SMILES string of the molecule is CC.CC(=O)CC(=O)OBr. The summed E-state index contributed by atoms with van der Waals surface area (Å²) in [7, 11) is 0. The van der Waals surface area contributed by atoms with Crippen molar-refractivity contribution in [3.05, 3.63) is 0 Å². The van der Waals surface area contributed by atoms with Gasteiger partial charge in [0.1, 0.15) is 12.2 Å². The average Bonchev–Trinajstić information content (AvgIpc) is 1.91. The Balaban J connectivity index is 0. The fourth-order valence-electron chi connectivity index (χ4n) is 0.231. The number of ketones is 1. The van der Waals surface area contributed by atoms with E-state index in [1.807, 2.05) is 13.8 Å². The van der Waals surface area contributed by atoms with Crippen molar-refractivity contribution in [1.82, 2.24) is 0 Å². The van der Waals surface area contributed by atoms with Crippen molar-refractivity contribution in [2.45, 2.75) is 27.2 Å².